The second-order valence-corrected chi connectivity index (χ2v) is 8.95. The molecule has 1 aliphatic rings. The molecule has 3 rings (SSSR count). The Morgan fingerprint density at radius 3 is 2.80 bits per heavy atom. The first kappa shape index (κ1) is 18.4. The third-order valence-electron chi connectivity index (χ3n) is 5.06. The molecule has 0 atom stereocenters. The van der Waals surface area contributed by atoms with Crippen molar-refractivity contribution < 1.29 is 0 Å². The Hall–Kier alpha value is -1.39. The highest BCUT2D eigenvalue weighted by Crippen LogP contribution is 2.34. The number of allylic oxidation sites excluding steroid dienone is 1. The Kier molecular flexibility index (Phi) is 5.80. The molecule has 132 valence electrons. The summed E-state index contributed by atoms with van der Waals surface area (Å²) in [5, 5.41) is 0. The zero-order valence-electron chi connectivity index (χ0n) is 15.1. The fourth-order valence-electron chi connectivity index (χ4n) is 3.59. The predicted octanol–water partition coefficient (Wildman–Crippen LogP) is 6.10. The molecule has 0 spiro atoms. The topological polar surface area (TPSA) is 16.1 Å². The van der Waals surface area contributed by atoms with Crippen molar-refractivity contribution in [2.75, 3.05) is 13.1 Å². The van der Waals surface area contributed by atoms with Crippen molar-refractivity contribution >= 4 is 38.5 Å². The van der Waals surface area contributed by atoms with Crippen LogP contribution in [0.5, 0.6) is 0 Å². The molecule has 2 aromatic rings. The van der Waals surface area contributed by atoms with Crippen molar-refractivity contribution in [3.8, 4) is 0 Å². The van der Waals surface area contributed by atoms with Crippen molar-refractivity contribution in [1.29, 1.82) is 0 Å². The highest BCUT2D eigenvalue weighted by molar-refractivity contribution is 9.11. The summed E-state index contributed by atoms with van der Waals surface area (Å²) in [4.78, 5) is 7.83. The first-order valence-corrected chi connectivity index (χ1v) is 10.5. The Balaban J connectivity index is 1.74. The van der Waals surface area contributed by atoms with Gasteiger partial charge in [0.15, 0.2) is 3.92 Å². The summed E-state index contributed by atoms with van der Waals surface area (Å²) in [7, 11) is 0. The number of nitrogens with zero attached hydrogens (tertiary/aromatic N) is 2. The predicted molar refractivity (Wildman–Crippen MR) is 113 cm³/mol. The van der Waals surface area contributed by atoms with E-state index in [0.29, 0.717) is 0 Å². The number of benzene rings is 1. The van der Waals surface area contributed by atoms with Gasteiger partial charge in [-0.05, 0) is 76.4 Å². The Morgan fingerprint density at radius 1 is 1.32 bits per heavy atom. The third-order valence-corrected chi connectivity index (χ3v) is 6.58. The lowest BCUT2D eigenvalue weighted by atomic mass is 9.96. The van der Waals surface area contributed by atoms with Gasteiger partial charge in [-0.1, -0.05) is 32.2 Å². The first-order chi connectivity index (χ1) is 12.0. The molecule has 1 aromatic heterocycles. The number of rotatable bonds is 7. The van der Waals surface area contributed by atoms with E-state index in [9.17, 15) is 0 Å². The summed E-state index contributed by atoms with van der Waals surface area (Å²) >= 11 is 5.09. The number of hydrogen-bond acceptors (Lipinski definition) is 3. The molecule has 0 N–H and O–H groups in total. The van der Waals surface area contributed by atoms with Crippen molar-refractivity contribution in [2.45, 2.75) is 39.5 Å². The van der Waals surface area contributed by atoms with Crippen molar-refractivity contribution in [3.63, 3.8) is 0 Å². The van der Waals surface area contributed by atoms with Gasteiger partial charge in [0.2, 0.25) is 0 Å². The standard InChI is InChI=1S/C21H25BrN2S/c1-5-11-24(16(4)20-13-23-21(22)25-20)12-10-17-7-9-18-14(2)6-8-19(18)15(17)3/h7,9,13H,2,4-6,8,10-12H2,1,3H3. The van der Waals surface area contributed by atoms with Crippen LogP contribution in [0, 0.1) is 6.92 Å². The average molecular weight is 417 g/mol. The maximum absolute atomic E-state index is 4.32. The van der Waals surface area contributed by atoms with Gasteiger partial charge in [-0.3, -0.25) is 0 Å². The number of hydrogen-bond donors (Lipinski definition) is 0. The van der Waals surface area contributed by atoms with Crippen LogP contribution in [0.15, 0.2) is 35.4 Å². The van der Waals surface area contributed by atoms with E-state index in [1.807, 2.05) is 6.20 Å². The first-order valence-electron chi connectivity index (χ1n) is 8.86. The van der Waals surface area contributed by atoms with Crippen LogP contribution < -0.4 is 0 Å². The molecule has 0 unspecified atom stereocenters. The van der Waals surface area contributed by atoms with E-state index in [2.05, 4.69) is 65.0 Å². The molecule has 0 saturated heterocycles. The summed E-state index contributed by atoms with van der Waals surface area (Å²) in [6, 6.07) is 4.56. The van der Waals surface area contributed by atoms with Gasteiger partial charge in [-0.25, -0.2) is 4.98 Å². The van der Waals surface area contributed by atoms with Gasteiger partial charge in [-0.2, -0.15) is 0 Å². The smallest absolute Gasteiger partial charge is 0.159 e. The van der Waals surface area contributed by atoms with Crippen LogP contribution in [0.4, 0.5) is 0 Å². The number of fused-ring (bicyclic) bond motifs is 1. The lowest BCUT2D eigenvalue weighted by Gasteiger charge is -2.26. The van der Waals surface area contributed by atoms with Gasteiger partial charge in [0.25, 0.3) is 0 Å². The van der Waals surface area contributed by atoms with Gasteiger partial charge < -0.3 is 4.90 Å². The molecular weight excluding hydrogens is 392 g/mol. The minimum Gasteiger partial charge on any atom is -0.371 e. The summed E-state index contributed by atoms with van der Waals surface area (Å²) < 4.78 is 0.912. The molecule has 1 aromatic carbocycles. The van der Waals surface area contributed by atoms with Gasteiger partial charge in [0.1, 0.15) is 0 Å². The largest absolute Gasteiger partial charge is 0.371 e. The van der Waals surface area contributed by atoms with Crippen LogP contribution in [0.3, 0.4) is 0 Å². The van der Waals surface area contributed by atoms with E-state index in [1.165, 1.54) is 27.8 Å². The van der Waals surface area contributed by atoms with Crippen LogP contribution in [0.25, 0.3) is 11.3 Å². The molecule has 0 saturated carbocycles. The maximum atomic E-state index is 4.32. The van der Waals surface area contributed by atoms with E-state index in [4.69, 9.17) is 0 Å². The van der Waals surface area contributed by atoms with Gasteiger partial charge in [0.05, 0.1) is 4.88 Å². The summed E-state index contributed by atoms with van der Waals surface area (Å²) in [6.45, 7) is 15.0. The number of halogens is 1. The van der Waals surface area contributed by atoms with Crippen molar-refractivity contribution in [1.82, 2.24) is 9.88 Å². The fourth-order valence-corrected chi connectivity index (χ4v) is 4.85. The van der Waals surface area contributed by atoms with E-state index in [1.54, 1.807) is 11.3 Å². The van der Waals surface area contributed by atoms with Crippen molar-refractivity contribution in [3.05, 3.63) is 62.5 Å². The van der Waals surface area contributed by atoms with E-state index >= 15 is 0 Å². The molecule has 1 heterocycles. The molecule has 0 bridgehead atoms. The molecule has 0 amide bonds. The van der Waals surface area contributed by atoms with Crippen LogP contribution >= 0.6 is 27.3 Å². The quantitative estimate of drug-likeness (QED) is 0.541. The zero-order valence-corrected chi connectivity index (χ0v) is 17.5. The summed E-state index contributed by atoms with van der Waals surface area (Å²) in [6.07, 6.45) is 6.32. The second-order valence-electron chi connectivity index (χ2n) is 6.64. The average Bonchev–Trinajstić information content (AvgIpc) is 3.19. The number of aromatic nitrogens is 1. The molecule has 0 fully saturated rings. The Bertz CT molecular complexity index is 806. The fraction of sp³-hybridized carbons (Fsp3) is 0.381. The highest BCUT2D eigenvalue weighted by atomic mass is 79.9. The Morgan fingerprint density at radius 2 is 2.12 bits per heavy atom. The summed E-state index contributed by atoms with van der Waals surface area (Å²) in [5.74, 6) is 0. The maximum Gasteiger partial charge on any atom is 0.159 e. The van der Waals surface area contributed by atoms with Crippen molar-refractivity contribution in [2.24, 2.45) is 0 Å². The molecule has 1 aliphatic carbocycles. The van der Waals surface area contributed by atoms with Crippen LogP contribution in [-0.4, -0.2) is 23.0 Å². The minimum absolute atomic E-state index is 0.912. The van der Waals surface area contributed by atoms with Crippen LogP contribution in [-0.2, 0) is 12.8 Å². The highest BCUT2D eigenvalue weighted by Gasteiger charge is 2.19. The lowest BCUT2D eigenvalue weighted by Crippen LogP contribution is -2.25. The van der Waals surface area contributed by atoms with Crippen LogP contribution in [0.2, 0.25) is 0 Å². The lowest BCUT2D eigenvalue weighted by molar-refractivity contribution is 0.402. The van der Waals surface area contributed by atoms with Gasteiger partial charge >= 0.3 is 0 Å². The van der Waals surface area contributed by atoms with E-state index in [-0.39, 0.29) is 0 Å². The molecule has 2 nitrogen and oxygen atoms in total. The van der Waals surface area contributed by atoms with Crippen LogP contribution in [0.1, 0.15) is 46.9 Å². The third kappa shape index (κ3) is 3.90. The van der Waals surface area contributed by atoms with E-state index < -0.39 is 0 Å². The Labute approximate surface area is 163 Å². The number of thiazole rings is 1. The zero-order chi connectivity index (χ0) is 18.0. The van der Waals surface area contributed by atoms with Gasteiger partial charge in [-0.15, -0.1) is 11.3 Å². The molecule has 0 aliphatic heterocycles. The normalized spacial score (nSPS) is 13.2. The molecule has 0 radical (unpaired) electrons. The minimum atomic E-state index is 0.912. The SMILES string of the molecule is C=C1CCc2c1ccc(CCN(CCC)C(=C)c1cnc(Br)s1)c2C. The van der Waals surface area contributed by atoms with E-state index in [0.717, 1.165) is 53.3 Å². The monoisotopic (exact) mass is 416 g/mol. The second kappa shape index (κ2) is 7.88. The van der Waals surface area contributed by atoms with Gasteiger partial charge in [0, 0.05) is 25.0 Å². The molecule has 4 heteroatoms. The molecule has 25 heavy (non-hydrogen) atoms. The summed E-state index contributed by atoms with van der Waals surface area (Å²) in [5.41, 5.74) is 8.17. The molecular formula is C21H25BrN2S.